The molecule has 2 rings (SSSR count). The van der Waals surface area contributed by atoms with E-state index in [2.05, 4.69) is 19.2 Å². The minimum absolute atomic E-state index is 0.0793. The number of hydrogen-bond donors (Lipinski definition) is 4. The van der Waals surface area contributed by atoms with Gasteiger partial charge in [-0.3, -0.25) is 19.2 Å². The molecule has 49 heavy (non-hydrogen) atoms. The van der Waals surface area contributed by atoms with Crippen LogP contribution in [-0.2, 0) is 19.2 Å². The van der Waals surface area contributed by atoms with E-state index in [1.807, 2.05) is 0 Å². The van der Waals surface area contributed by atoms with Crippen LogP contribution in [0.2, 0.25) is 0 Å². The molecule has 2 saturated carbocycles. The molecule has 5 N–H and O–H groups in total. The fourth-order valence-corrected chi connectivity index (χ4v) is 7.44. The SMILES string of the molecule is CCCCCCCCCCC(=O)Cl.CCCCCCCCCCC(=O)NCC1(CC(=O)O)CCCCC1.NCC1(CC(=O)O)CCCCC1. The Morgan fingerprint density at radius 1 is 0.571 bits per heavy atom. The number of carbonyl (C=O) groups is 4. The smallest absolute Gasteiger partial charge is 0.303 e. The van der Waals surface area contributed by atoms with Gasteiger partial charge in [0.2, 0.25) is 11.1 Å². The van der Waals surface area contributed by atoms with E-state index < -0.39 is 11.9 Å². The summed E-state index contributed by atoms with van der Waals surface area (Å²) in [6.07, 6.45) is 32.2. The van der Waals surface area contributed by atoms with Crippen molar-refractivity contribution in [3.8, 4) is 0 Å². The molecular formula is C40H75ClN2O6. The zero-order chi connectivity index (χ0) is 36.6. The predicted molar refractivity (Wildman–Crippen MR) is 203 cm³/mol. The summed E-state index contributed by atoms with van der Waals surface area (Å²) in [5.41, 5.74) is 5.33. The lowest BCUT2D eigenvalue weighted by Crippen LogP contribution is -2.40. The summed E-state index contributed by atoms with van der Waals surface area (Å²) in [6, 6.07) is 0. The maximum Gasteiger partial charge on any atom is 0.303 e. The Balaban J connectivity index is 0.000000776. The summed E-state index contributed by atoms with van der Waals surface area (Å²) in [5.74, 6) is -1.35. The summed E-state index contributed by atoms with van der Waals surface area (Å²) in [6.45, 7) is 5.52. The molecule has 0 aromatic rings. The van der Waals surface area contributed by atoms with Gasteiger partial charge >= 0.3 is 11.9 Å². The van der Waals surface area contributed by atoms with Gasteiger partial charge in [0.05, 0.1) is 12.8 Å². The number of halogens is 1. The number of carbonyl (C=O) groups excluding carboxylic acids is 2. The highest BCUT2D eigenvalue weighted by Gasteiger charge is 2.35. The Kier molecular flexibility index (Phi) is 30.0. The van der Waals surface area contributed by atoms with Crippen LogP contribution in [0.3, 0.4) is 0 Å². The average Bonchev–Trinajstić information content (AvgIpc) is 3.07. The van der Waals surface area contributed by atoms with Gasteiger partial charge in [-0.25, -0.2) is 0 Å². The molecule has 288 valence electrons. The third kappa shape index (κ3) is 27.7. The van der Waals surface area contributed by atoms with Crippen LogP contribution in [0.15, 0.2) is 0 Å². The van der Waals surface area contributed by atoms with E-state index in [9.17, 15) is 19.2 Å². The largest absolute Gasteiger partial charge is 0.481 e. The zero-order valence-corrected chi connectivity index (χ0v) is 32.4. The Morgan fingerprint density at radius 3 is 1.33 bits per heavy atom. The molecule has 0 aromatic carbocycles. The minimum atomic E-state index is -0.741. The van der Waals surface area contributed by atoms with Crippen LogP contribution in [0.25, 0.3) is 0 Å². The van der Waals surface area contributed by atoms with Crippen molar-refractivity contribution in [1.82, 2.24) is 5.32 Å². The first-order valence-corrected chi connectivity index (χ1v) is 20.5. The Labute approximate surface area is 304 Å². The monoisotopic (exact) mass is 715 g/mol. The van der Waals surface area contributed by atoms with E-state index in [1.54, 1.807) is 0 Å². The van der Waals surface area contributed by atoms with Crippen LogP contribution >= 0.6 is 11.6 Å². The first-order chi connectivity index (χ1) is 23.5. The van der Waals surface area contributed by atoms with Gasteiger partial charge in [-0.2, -0.15) is 0 Å². The van der Waals surface area contributed by atoms with Gasteiger partial charge in [-0.1, -0.05) is 142 Å². The highest BCUT2D eigenvalue weighted by atomic mass is 35.5. The molecule has 0 unspecified atom stereocenters. The third-order valence-electron chi connectivity index (χ3n) is 10.5. The normalized spacial score (nSPS) is 16.3. The number of nitrogens with two attached hydrogens (primary N) is 1. The van der Waals surface area contributed by atoms with Crippen LogP contribution in [0.1, 0.15) is 206 Å². The molecule has 0 bridgehead atoms. The van der Waals surface area contributed by atoms with Gasteiger partial charge in [0.25, 0.3) is 0 Å². The molecular weight excluding hydrogens is 640 g/mol. The lowest BCUT2D eigenvalue weighted by Gasteiger charge is -2.36. The van der Waals surface area contributed by atoms with Gasteiger partial charge in [0.15, 0.2) is 0 Å². The predicted octanol–water partition coefficient (Wildman–Crippen LogP) is 10.7. The first kappa shape index (κ1) is 47.3. The van der Waals surface area contributed by atoms with Crippen LogP contribution in [0.5, 0.6) is 0 Å². The van der Waals surface area contributed by atoms with Crippen molar-refractivity contribution in [2.75, 3.05) is 13.1 Å². The second-order valence-corrected chi connectivity index (χ2v) is 15.5. The number of rotatable bonds is 25. The molecule has 0 radical (unpaired) electrons. The van der Waals surface area contributed by atoms with Crippen molar-refractivity contribution < 1.29 is 29.4 Å². The fraction of sp³-hybridized carbons (Fsp3) is 0.900. The number of aliphatic carboxylic acids is 2. The quantitative estimate of drug-likeness (QED) is 0.0543. The molecule has 0 atom stereocenters. The maximum atomic E-state index is 12.0. The molecule has 2 fully saturated rings. The second-order valence-electron chi connectivity index (χ2n) is 15.0. The van der Waals surface area contributed by atoms with Crippen LogP contribution in [0, 0.1) is 10.8 Å². The van der Waals surface area contributed by atoms with E-state index >= 15 is 0 Å². The average molecular weight is 716 g/mol. The van der Waals surface area contributed by atoms with E-state index in [4.69, 9.17) is 27.5 Å². The van der Waals surface area contributed by atoms with Gasteiger partial charge in [0.1, 0.15) is 0 Å². The highest BCUT2D eigenvalue weighted by Crippen LogP contribution is 2.39. The molecule has 2 aliphatic rings. The van der Waals surface area contributed by atoms with Crippen LogP contribution < -0.4 is 11.1 Å². The lowest BCUT2D eigenvalue weighted by molar-refractivity contribution is -0.141. The number of amides is 1. The van der Waals surface area contributed by atoms with E-state index in [1.165, 1.54) is 89.9 Å². The van der Waals surface area contributed by atoms with Gasteiger partial charge in [-0.05, 0) is 67.5 Å². The fourth-order valence-electron chi connectivity index (χ4n) is 7.31. The molecule has 0 saturated heterocycles. The molecule has 0 spiro atoms. The summed E-state index contributed by atoms with van der Waals surface area (Å²) in [4.78, 5) is 44.1. The molecule has 0 aromatic heterocycles. The number of carboxylic acids is 2. The van der Waals surface area contributed by atoms with Crippen molar-refractivity contribution >= 4 is 34.7 Å². The van der Waals surface area contributed by atoms with Crippen molar-refractivity contribution in [2.24, 2.45) is 16.6 Å². The van der Waals surface area contributed by atoms with Gasteiger partial charge < -0.3 is 21.3 Å². The number of nitrogens with one attached hydrogen (secondary N) is 1. The van der Waals surface area contributed by atoms with Crippen molar-refractivity contribution in [3.63, 3.8) is 0 Å². The maximum absolute atomic E-state index is 12.0. The first-order valence-electron chi connectivity index (χ1n) is 20.1. The second kappa shape index (κ2) is 31.1. The highest BCUT2D eigenvalue weighted by molar-refractivity contribution is 6.63. The topological polar surface area (TPSA) is 147 Å². The summed E-state index contributed by atoms with van der Waals surface area (Å²) in [5, 5.41) is 20.7. The van der Waals surface area contributed by atoms with Crippen LogP contribution in [0.4, 0.5) is 0 Å². The Morgan fingerprint density at radius 2 is 0.939 bits per heavy atom. The van der Waals surface area contributed by atoms with Gasteiger partial charge in [0, 0.05) is 19.4 Å². The molecule has 9 heteroatoms. The summed E-state index contributed by atoms with van der Waals surface area (Å²) in [7, 11) is 0. The minimum Gasteiger partial charge on any atom is -0.481 e. The van der Waals surface area contributed by atoms with Crippen molar-refractivity contribution in [3.05, 3.63) is 0 Å². The zero-order valence-electron chi connectivity index (χ0n) is 31.6. The Bertz CT molecular complexity index is 856. The third-order valence-corrected chi connectivity index (χ3v) is 10.6. The molecule has 2 aliphatic carbocycles. The standard InChI is InChI=1S/C20H37NO3.C11H21ClO.C9H17NO2/c1-2-3-4-5-6-7-8-10-13-18(22)21-17-20(16-19(23)24)14-11-9-12-15-20;1-2-3-4-5-6-7-8-9-10-11(12)13;10-7-9(6-8(11)12)4-2-1-3-5-9/h2-17H2,1H3,(H,21,22)(H,23,24);2-10H2,1H3;1-7,10H2,(H,11,12). The number of hydrogen-bond acceptors (Lipinski definition) is 5. The van der Waals surface area contributed by atoms with E-state index in [0.717, 1.165) is 77.0 Å². The number of unbranched alkanes of at least 4 members (excludes halogenated alkanes) is 14. The van der Waals surface area contributed by atoms with Gasteiger partial charge in [-0.15, -0.1) is 0 Å². The molecule has 0 heterocycles. The van der Waals surface area contributed by atoms with Crippen LogP contribution in [-0.4, -0.2) is 46.4 Å². The summed E-state index contributed by atoms with van der Waals surface area (Å²) < 4.78 is 0. The lowest BCUT2D eigenvalue weighted by atomic mass is 9.71. The molecule has 1 amide bonds. The molecule has 0 aliphatic heterocycles. The summed E-state index contributed by atoms with van der Waals surface area (Å²) >= 11 is 5.22. The Hall–Kier alpha value is -1.67. The van der Waals surface area contributed by atoms with Crippen molar-refractivity contribution in [2.45, 2.75) is 206 Å². The van der Waals surface area contributed by atoms with E-state index in [-0.39, 0.29) is 34.8 Å². The van der Waals surface area contributed by atoms with E-state index in [0.29, 0.717) is 25.9 Å². The van der Waals surface area contributed by atoms with Crippen molar-refractivity contribution in [1.29, 1.82) is 0 Å². The molecule has 8 nitrogen and oxygen atoms in total. The number of carboxylic acid groups (broad SMARTS) is 2.